The average Bonchev–Trinajstić information content (AvgIpc) is 2.78. The van der Waals surface area contributed by atoms with Crippen LogP contribution >= 0.6 is 0 Å². The molecule has 0 unspecified atom stereocenters. The molecule has 1 aliphatic heterocycles. The van der Waals surface area contributed by atoms with Crippen molar-refractivity contribution in [1.82, 2.24) is 9.80 Å². The third kappa shape index (κ3) is 6.02. The molecule has 0 N–H and O–H groups in total. The summed E-state index contributed by atoms with van der Waals surface area (Å²) in [5, 5.41) is 0. The number of hydrogen-bond donors (Lipinski definition) is 0. The molecule has 2 aromatic rings. The van der Waals surface area contributed by atoms with Crippen LogP contribution in [0.1, 0.15) is 5.56 Å². The van der Waals surface area contributed by atoms with Crippen molar-refractivity contribution in [3.05, 3.63) is 48.0 Å². The molecule has 1 fully saturated rings. The molecule has 0 amide bonds. The molecule has 0 radical (unpaired) electrons. The minimum absolute atomic E-state index is 0.673. The fourth-order valence-corrected chi connectivity index (χ4v) is 3.58. The van der Waals surface area contributed by atoms with Gasteiger partial charge in [0.15, 0.2) is 23.0 Å². The number of ether oxygens (including phenoxy) is 4. The number of benzene rings is 2. The summed E-state index contributed by atoms with van der Waals surface area (Å²) in [6.07, 6.45) is 1.01. The van der Waals surface area contributed by atoms with E-state index in [2.05, 4.69) is 21.9 Å². The van der Waals surface area contributed by atoms with Gasteiger partial charge in [0.05, 0.1) is 21.3 Å². The van der Waals surface area contributed by atoms with Crippen molar-refractivity contribution in [2.24, 2.45) is 0 Å². The first-order valence-corrected chi connectivity index (χ1v) is 10.1. The predicted molar refractivity (Wildman–Crippen MR) is 115 cm³/mol. The van der Waals surface area contributed by atoms with Crippen LogP contribution < -0.4 is 18.9 Å². The van der Waals surface area contributed by atoms with Gasteiger partial charge >= 0.3 is 0 Å². The van der Waals surface area contributed by atoms with Gasteiger partial charge in [0, 0.05) is 39.3 Å². The molecule has 1 saturated heterocycles. The highest BCUT2D eigenvalue weighted by Gasteiger charge is 2.17. The lowest BCUT2D eigenvalue weighted by atomic mass is 10.1. The lowest BCUT2D eigenvalue weighted by Gasteiger charge is -2.34. The standard InChI is InChI=1S/C23H32N2O4/c1-26-20-6-4-5-7-22(20)29-17-16-25-14-12-24(13-15-25)11-10-19-8-9-21(27-2)23(18-19)28-3/h4-9,18H,10-17H2,1-3H3. The van der Waals surface area contributed by atoms with Crippen molar-refractivity contribution in [2.45, 2.75) is 6.42 Å². The van der Waals surface area contributed by atoms with Crippen molar-refractivity contribution in [1.29, 1.82) is 0 Å². The molecular formula is C23H32N2O4. The molecule has 1 aliphatic rings. The van der Waals surface area contributed by atoms with Gasteiger partial charge in [-0.05, 0) is 36.2 Å². The molecule has 29 heavy (non-hydrogen) atoms. The lowest BCUT2D eigenvalue weighted by molar-refractivity contribution is 0.117. The number of para-hydroxylation sites is 2. The maximum absolute atomic E-state index is 5.90. The zero-order valence-corrected chi connectivity index (χ0v) is 17.7. The molecule has 0 saturated carbocycles. The zero-order chi connectivity index (χ0) is 20.5. The van der Waals surface area contributed by atoms with Gasteiger partial charge in [-0.3, -0.25) is 4.90 Å². The van der Waals surface area contributed by atoms with Crippen LogP contribution in [0, 0.1) is 0 Å². The van der Waals surface area contributed by atoms with E-state index in [-0.39, 0.29) is 0 Å². The first-order valence-electron chi connectivity index (χ1n) is 10.1. The van der Waals surface area contributed by atoms with E-state index in [0.29, 0.717) is 6.61 Å². The Kier molecular flexibility index (Phi) is 8.02. The highest BCUT2D eigenvalue weighted by molar-refractivity contribution is 5.43. The summed E-state index contributed by atoms with van der Waals surface area (Å²) in [6.45, 7) is 6.97. The summed E-state index contributed by atoms with van der Waals surface area (Å²) < 4.78 is 21.9. The van der Waals surface area contributed by atoms with Gasteiger partial charge in [0.1, 0.15) is 6.61 Å². The van der Waals surface area contributed by atoms with Crippen LogP contribution in [0.2, 0.25) is 0 Å². The van der Waals surface area contributed by atoms with Crippen molar-refractivity contribution in [3.63, 3.8) is 0 Å². The van der Waals surface area contributed by atoms with Gasteiger partial charge in [0.2, 0.25) is 0 Å². The van der Waals surface area contributed by atoms with Gasteiger partial charge in [-0.25, -0.2) is 0 Å². The smallest absolute Gasteiger partial charge is 0.161 e. The van der Waals surface area contributed by atoms with E-state index >= 15 is 0 Å². The third-order valence-electron chi connectivity index (χ3n) is 5.36. The van der Waals surface area contributed by atoms with Crippen LogP contribution in [0.5, 0.6) is 23.0 Å². The average molecular weight is 401 g/mol. The first-order chi connectivity index (χ1) is 14.2. The van der Waals surface area contributed by atoms with Gasteiger partial charge in [-0.15, -0.1) is 0 Å². The van der Waals surface area contributed by atoms with Crippen LogP contribution in [0.15, 0.2) is 42.5 Å². The van der Waals surface area contributed by atoms with Crippen molar-refractivity contribution < 1.29 is 18.9 Å². The van der Waals surface area contributed by atoms with Crippen molar-refractivity contribution >= 4 is 0 Å². The minimum atomic E-state index is 0.673. The molecule has 0 spiro atoms. The maximum atomic E-state index is 5.90. The Labute approximate surface area is 173 Å². The molecule has 0 aromatic heterocycles. The van der Waals surface area contributed by atoms with Crippen LogP contribution in [-0.4, -0.2) is 77.0 Å². The monoisotopic (exact) mass is 400 g/mol. The largest absolute Gasteiger partial charge is 0.493 e. The zero-order valence-electron chi connectivity index (χ0n) is 17.7. The first kappa shape index (κ1) is 21.3. The second-order valence-corrected chi connectivity index (χ2v) is 7.12. The fraction of sp³-hybridized carbons (Fsp3) is 0.478. The minimum Gasteiger partial charge on any atom is -0.493 e. The van der Waals surface area contributed by atoms with E-state index in [0.717, 1.165) is 68.7 Å². The quantitative estimate of drug-likeness (QED) is 0.611. The molecule has 6 heteroatoms. The van der Waals surface area contributed by atoms with Gasteiger partial charge in [0.25, 0.3) is 0 Å². The van der Waals surface area contributed by atoms with E-state index in [9.17, 15) is 0 Å². The number of nitrogens with zero attached hydrogens (tertiary/aromatic N) is 2. The number of methoxy groups -OCH3 is 3. The highest BCUT2D eigenvalue weighted by Crippen LogP contribution is 2.28. The Morgan fingerprint density at radius 2 is 1.28 bits per heavy atom. The van der Waals surface area contributed by atoms with E-state index < -0.39 is 0 Å². The van der Waals surface area contributed by atoms with Crippen LogP contribution in [0.3, 0.4) is 0 Å². The van der Waals surface area contributed by atoms with Gasteiger partial charge in [-0.1, -0.05) is 18.2 Å². The molecule has 0 atom stereocenters. The summed E-state index contributed by atoms with van der Waals surface area (Å²) in [5.41, 5.74) is 1.27. The summed E-state index contributed by atoms with van der Waals surface area (Å²) in [6, 6.07) is 14.0. The third-order valence-corrected chi connectivity index (χ3v) is 5.36. The van der Waals surface area contributed by atoms with Gasteiger partial charge in [-0.2, -0.15) is 0 Å². The van der Waals surface area contributed by atoms with Crippen LogP contribution in [0.25, 0.3) is 0 Å². The topological polar surface area (TPSA) is 43.4 Å². The molecule has 1 heterocycles. The second-order valence-electron chi connectivity index (χ2n) is 7.12. The molecule has 0 bridgehead atoms. The maximum Gasteiger partial charge on any atom is 0.161 e. The normalized spacial score (nSPS) is 15.1. The highest BCUT2D eigenvalue weighted by atomic mass is 16.5. The van der Waals surface area contributed by atoms with E-state index in [1.54, 1.807) is 21.3 Å². The van der Waals surface area contributed by atoms with Crippen LogP contribution in [-0.2, 0) is 6.42 Å². The molecule has 6 nitrogen and oxygen atoms in total. The Hall–Kier alpha value is -2.44. The molecular weight excluding hydrogens is 368 g/mol. The molecule has 3 rings (SSSR count). The number of piperazine rings is 1. The Balaban J connectivity index is 1.37. The lowest BCUT2D eigenvalue weighted by Crippen LogP contribution is -2.47. The second kappa shape index (κ2) is 10.9. The van der Waals surface area contributed by atoms with E-state index in [4.69, 9.17) is 18.9 Å². The Bertz CT molecular complexity index is 760. The van der Waals surface area contributed by atoms with E-state index in [1.807, 2.05) is 30.3 Å². The summed E-state index contributed by atoms with van der Waals surface area (Å²) in [4.78, 5) is 4.98. The summed E-state index contributed by atoms with van der Waals surface area (Å²) in [7, 11) is 5.01. The molecule has 2 aromatic carbocycles. The summed E-state index contributed by atoms with van der Waals surface area (Å²) >= 11 is 0. The summed E-state index contributed by atoms with van der Waals surface area (Å²) in [5.74, 6) is 3.17. The van der Waals surface area contributed by atoms with Crippen molar-refractivity contribution in [2.75, 3.05) is 67.2 Å². The van der Waals surface area contributed by atoms with E-state index in [1.165, 1.54) is 5.56 Å². The SMILES string of the molecule is COc1ccc(CCN2CCN(CCOc3ccccc3OC)CC2)cc1OC. The van der Waals surface area contributed by atoms with Gasteiger partial charge < -0.3 is 23.8 Å². The Morgan fingerprint density at radius 1 is 0.690 bits per heavy atom. The number of rotatable bonds is 10. The fourth-order valence-electron chi connectivity index (χ4n) is 3.58. The van der Waals surface area contributed by atoms with Crippen LogP contribution in [0.4, 0.5) is 0 Å². The number of hydrogen-bond acceptors (Lipinski definition) is 6. The molecule has 0 aliphatic carbocycles. The predicted octanol–water partition coefficient (Wildman–Crippen LogP) is 2.95. The van der Waals surface area contributed by atoms with Crippen molar-refractivity contribution in [3.8, 4) is 23.0 Å². The Morgan fingerprint density at radius 3 is 1.93 bits per heavy atom. The molecule has 158 valence electrons.